The Bertz CT molecular complexity index is 1560. The molecule has 0 bridgehead atoms. The number of likely N-dealkylation sites (N-methyl/N-ethyl adjacent to an activating group) is 1. The van der Waals surface area contributed by atoms with Crippen molar-refractivity contribution in [1.29, 1.82) is 0 Å². The zero-order valence-electron chi connectivity index (χ0n) is 32.4. The minimum absolute atomic E-state index is 0.174. The maximum Gasteiger partial charge on any atom is 0.410 e. The molecule has 282 valence electrons. The topological polar surface area (TPSA) is 126 Å². The van der Waals surface area contributed by atoms with Crippen molar-refractivity contribution in [3.63, 3.8) is 0 Å². The molecule has 1 aromatic rings. The predicted octanol–water partition coefficient (Wildman–Crippen LogP) is 5.78. The molecule has 13 heteroatoms. The van der Waals surface area contributed by atoms with Crippen LogP contribution >= 0.6 is 0 Å². The third-order valence-electron chi connectivity index (χ3n) is 9.49. The lowest BCUT2D eigenvalue weighted by molar-refractivity contribution is -0.148. The third kappa shape index (κ3) is 10.5. The van der Waals surface area contributed by atoms with Crippen LogP contribution in [0.15, 0.2) is 47.6 Å². The highest BCUT2D eigenvalue weighted by Gasteiger charge is 2.50. The van der Waals surface area contributed by atoms with Gasteiger partial charge in [0.05, 0.1) is 21.2 Å². The van der Waals surface area contributed by atoms with Gasteiger partial charge in [-0.3, -0.25) is 19.3 Å². The summed E-state index contributed by atoms with van der Waals surface area (Å²) in [7, 11) is 0.660. The first-order valence-corrected chi connectivity index (χ1v) is 21.0. The van der Waals surface area contributed by atoms with E-state index in [-0.39, 0.29) is 18.4 Å². The lowest BCUT2D eigenvalue weighted by atomic mass is 9.85. The summed E-state index contributed by atoms with van der Waals surface area (Å²) in [6.07, 6.45) is 4.18. The number of ether oxygens (including phenoxy) is 2. The van der Waals surface area contributed by atoms with Crippen LogP contribution in [0.5, 0.6) is 0 Å². The van der Waals surface area contributed by atoms with Crippen molar-refractivity contribution in [1.82, 2.24) is 20.0 Å². The first-order chi connectivity index (χ1) is 23.5. The summed E-state index contributed by atoms with van der Waals surface area (Å²) in [4.78, 5) is 72.3. The second kappa shape index (κ2) is 16.1. The Morgan fingerprint density at radius 3 is 2.18 bits per heavy atom. The van der Waals surface area contributed by atoms with Crippen LogP contribution in [0.1, 0.15) is 79.8 Å². The quantitative estimate of drug-likeness (QED) is 0.239. The fourth-order valence-electron chi connectivity index (χ4n) is 6.38. The SMILES string of the molecule is COC(=O)C1=CC=C(CN(C(=O)C2C[Si](C)(C)CN2C(=O)C(NC(=O)[C@H](C)N(C)C(=O)OC(C)(C)C)C(C)(C)C)C(C)c2ccccc2F)CC1. The van der Waals surface area contributed by atoms with Crippen LogP contribution in [0.2, 0.25) is 19.1 Å². The molecule has 0 saturated carbocycles. The molecule has 4 amide bonds. The molecule has 1 aliphatic carbocycles. The summed E-state index contributed by atoms with van der Waals surface area (Å²) in [5, 5.41) is 2.90. The molecule has 0 aromatic heterocycles. The van der Waals surface area contributed by atoms with Crippen molar-refractivity contribution in [2.75, 3.05) is 26.9 Å². The zero-order valence-corrected chi connectivity index (χ0v) is 33.4. The minimum Gasteiger partial charge on any atom is -0.466 e. The number of nitrogens with one attached hydrogen (secondary N) is 1. The molecule has 2 aliphatic rings. The van der Waals surface area contributed by atoms with Crippen LogP contribution in [0.3, 0.4) is 0 Å². The van der Waals surface area contributed by atoms with Gasteiger partial charge in [-0.05, 0) is 65.0 Å². The number of methoxy groups -OCH3 is 1. The van der Waals surface area contributed by atoms with Crippen molar-refractivity contribution in [2.24, 2.45) is 5.41 Å². The van der Waals surface area contributed by atoms with E-state index in [0.717, 1.165) is 5.57 Å². The summed E-state index contributed by atoms with van der Waals surface area (Å²) in [6.45, 7) is 18.5. The first kappa shape index (κ1) is 41.4. The molecule has 1 heterocycles. The molecular weight excluding hydrogens is 672 g/mol. The Kier molecular flexibility index (Phi) is 13.1. The number of hydrogen-bond donors (Lipinski definition) is 1. The second-order valence-electron chi connectivity index (χ2n) is 16.6. The van der Waals surface area contributed by atoms with E-state index < -0.39 is 67.0 Å². The average Bonchev–Trinajstić information content (AvgIpc) is 3.38. The molecule has 3 unspecified atom stereocenters. The van der Waals surface area contributed by atoms with E-state index in [1.54, 1.807) is 74.8 Å². The molecule has 1 N–H and O–H groups in total. The van der Waals surface area contributed by atoms with Crippen molar-refractivity contribution >= 4 is 37.9 Å². The van der Waals surface area contributed by atoms with Crippen molar-refractivity contribution in [3.8, 4) is 0 Å². The fraction of sp³-hybridized carbons (Fsp3) is 0.605. The van der Waals surface area contributed by atoms with Gasteiger partial charge in [-0.25, -0.2) is 14.0 Å². The molecule has 3 rings (SSSR count). The molecule has 4 atom stereocenters. The normalized spacial score (nSPS) is 19.2. The lowest BCUT2D eigenvalue weighted by Gasteiger charge is -2.39. The highest BCUT2D eigenvalue weighted by molar-refractivity contribution is 6.79. The molecule has 1 fully saturated rings. The molecule has 1 aromatic carbocycles. The van der Waals surface area contributed by atoms with E-state index >= 15 is 4.39 Å². The van der Waals surface area contributed by atoms with Gasteiger partial charge < -0.3 is 24.6 Å². The number of halogens is 1. The number of hydrogen-bond acceptors (Lipinski definition) is 7. The predicted molar refractivity (Wildman–Crippen MR) is 197 cm³/mol. The maximum atomic E-state index is 15.2. The number of esters is 1. The van der Waals surface area contributed by atoms with E-state index in [1.165, 1.54) is 25.1 Å². The Balaban J connectivity index is 1.98. The monoisotopic (exact) mass is 728 g/mol. The van der Waals surface area contributed by atoms with Crippen molar-refractivity contribution in [3.05, 3.63) is 58.9 Å². The van der Waals surface area contributed by atoms with Crippen molar-refractivity contribution in [2.45, 2.75) is 117 Å². The summed E-state index contributed by atoms with van der Waals surface area (Å²) in [5.41, 5.74) is 0.254. The van der Waals surface area contributed by atoms with Gasteiger partial charge in [-0.2, -0.15) is 0 Å². The molecular formula is C38H57FN4O7Si. The highest BCUT2D eigenvalue weighted by atomic mass is 28.3. The number of carbonyl (C=O) groups excluding carboxylic acids is 5. The number of nitrogens with zero attached hydrogens (tertiary/aromatic N) is 3. The fourth-order valence-corrected chi connectivity index (χ4v) is 9.25. The molecule has 51 heavy (non-hydrogen) atoms. The standard InChI is InChI=1S/C38H57FN4O7Si/c1-24(28-15-13-14-16-29(28)39)42(21-26-17-19-27(20-18-26)35(47)49-10)33(45)30-22-51(11,12)23-43(30)34(46)31(37(3,4)5)40-32(44)25(2)41(9)36(48)50-38(6,7)8/h13-17,19,24-25,30-31H,18,20-23H2,1-12H3,(H,40,44)/t24?,25-,30?,31?/m0/s1. The highest BCUT2D eigenvalue weighted by Crippen LogP contribution is 2.35. The van der Waals surface area contributed by atoms with Crippen LogP contribution in [0.4, 0.5) is 9.18 Å². The summed E-state index contributed by atoms with van der Waals surface area (Å²) >= 11 is 0. The number of carbonyl (C=O) groups is 5. The van der Waals surface area contributed by atoms with Crippen LogP contribution < -0.4 is 5.32 Å². The van der Waals surface area contributed by atoms with Gasteiger partial charge in [-0.1, -0.05) is 69.8 Å². The van der Waals surface area contributed by atoms with Crippen LogP contribution in [0, 0.1) is 11.2 Å². The number of amides is 4. The van der Waals surface area contributed by atoms with Gasteiger partial charge in [0.25, 0.3) is 0 Å². The Morgan fingerprint density at radius 2 is 1.65 bits per heavy atom. The van der Waals surface area contributed by atoms with E-state index in [2.05, 4.69) is 18.4 Å². The molecule has 0 spiro atoms. The largest absolute Gasteiger partial charge is 0.466 e. The van der Waals surface area contributed by atoms with E-state index in [0.29, 0.717) is 36.2 Å². The van der Waals surface area contributed by atoms with Gasteiger partial charge in [0.15, 0.2) is 0 Å². The average molecular weight is 729 g/mol. The molecule has 0 radical (unpaired) electrons. The van der Waals surface area contributed by atoms with Crippen LogP contribution in [0.25, 0.3) is 0 Å². The Hall–Kier alpha value is -4.00. The van der Waals surface area contributed by atoms with E-state index in [4.69, 9.17) is 9.47 Å². The number of rotatable bonds is 10. The lowest BCUT2D eigenvalue weighted by Crippen LogP contribution is -2.60. The Labute approximate surface area is 303 Å². The van der Waals surface area contributed by atoms with Gasteiger partial charge >= 0.3 is 12.1 Å². The third-order valence-corrected chi connectivity index (χ3v) is 12.2. The molecule has 1 saturated heterocycles. The number of benzene rings is 1. The minimum atomic E-state index is -2.14. The maximum absolute atomic E-state index is 15.2. The van der Waals surface area contributed by atoms with Gasteiger partial charge in [0.2, 0.25) is 17.7 Å². The molecule has 1 aliphatic heterocycles. The Morgan fingerprint density at radius 1 is 1.02 bits per heavy atom. The number of allylic oxidation sites excluding steroid dienone is 2. The second-order valence-corrected chi connectivity index (χ2v) is 21.7. The summed E-state index contributed by atoms with van der Waals surface area (Å²) in [5.74, 6) is -2.08. The van der Waals surface area contributed by atoms with Crippen molar-refractivity contribution < 1.29 is 37.8 Å². The first-order valence-electron chi connectivity index (χ1n) is 17.6. The summed E-state index contributed by atoms with van der Waals surface area (Å²) in [6, 6.07) is 3.36. The molecule has 11 nitrogen and oxygen atoms in total. The smallest absolute Gasteiger partial charge is 0.410 e. The van der Waals surface area contributed by atoms with Gasteiger partial charge in [0.1, 0.15) is 29.5 Å². The summed E-state index contributed by atoms with van der Waals surface area (Å²) < 4.78 is 25.5. The zero-order chi connectivity index (χ0) is 38.6. The van der Waals surface area contributed by atoms with E-state index in [1.807, 2.05) is 20.8 Å². The van der Waals surface area contributed by atoms with E-state index in [9.17, 15) is 24.0 Å². The van der Waals surface area contributed by atoms with Gasteiger partial charge in [0, 0.05) is 30.9 Å². The van der Waals surface area contributed by atoms with Crippen LogP contribution in [-0.2, 0) is 28.7 Å². The van der Waals surface area contributed by atoms with Crippen LogP contribution in [-0.4, -0.2) is 103 Å². The van der Waals surface area contributed by atoms with Gasteiger partial charge in [-0.15, -0.1) is 0 Å².